The molecular formula is C22H25FN4O2. The summed E-state index contributed by atoms with van der Waals surface area (Å²) in [5, 5.41) is 7.27. The van der Waals surface area contributed by atoms with Crippen molar-refractivity contribution in [1.29, 1.82) is 0 Å². The molecule has 0 aliphatic rings. The Hall–Kier alpha value is -3.22. The number of carbonyl (C=O) groups is 1. The maximum Gasteiger partial charge on any atom is 0.336 e. The normalized spacial score (nSPS) is 11.1. The van der Waals surface area contributed by atoms with Crippen molar-refractivity contribution in [2.45, 2.75) is 40.2 Å². The summed E-state index contributed by atoms with van der Waals surface area (Å²) in [7, 11) is 0. The number of halogens is 1. The van der Waals surface area contributed by atoms with Crippen LogP contribution >= 0.6 is 0 Å². The lowest BCUT2D eigenvalue weighted by Gasteiger charge is -2.09. The lowest BCUT2D eigenvalue weighted by Crippen LogP contribution is -2.13. The number of hydrogen-bond donors (Lipinski definition) is 1. The molecule has 1 heterocycles. The van der Waals surface area contributed by atoms with E-state index in [1.54, 1.807) is 42.5 Å². The van der Waals surface area contributed by atoms with E-state index < -0.39 is 5.82 Å². The van der Waals surface area contributed by atoms with Gasteiger partial charge in [0.05, 0.1) is 17.4 Å². The number of amides is 1. The Bertz CT molecular complexity index is 981. The molecule has 7 heteroatoms. The number of aromatic nitrogens is 3. The van der Waals surface area contributed by atoms with Crippen LogP contribution in [0.2, 0.25) is 0 Å². The molecule has 29 heavy (non-hydrogen) atoms. The zero-order chi connectivity index (χ0) is 21.0. The molecule has 0 spiro atoms. The van der Waals surface area contributed by atoms with E-state index >= 15 is 0 Å². The molecule has 3 aromatic rings. The summed E-state index contributed by atoms with van der Waals surface area (Å²) in [5.41, 5.74) is 1.69. The first-order valence-corrected chi connectivity index (χ1v) is 9.62. The lowest BCUT2D eigenvalue weighted by atomic mass is 10.1. The third-order valence-corrected chi connectivity index (χ3v) is 4.03. The van der Waals surface area contributed by atoms with E-state index in [9.17, 15) is 9.18 Å². The van der Waals surface area contributed by atoms with Crippen molar-refractivity contribution in [3.05, 3.63) is 54.3 Å². The van der Waals surface area contributed by atoms with Gasteiger partial charge in [-0.15, -0.1) is 5.10 Å². The van der Waals surface area contributed by atoms with Crippen LogP contribution in [0.25, 0.3) is 17.1 Å². The maximum absolute atomic E-state index is 14.4. The number of ether oxygens (including phenoxy) is 1. The molecule has 0 bridgehead atoms. The molecule has 0 unspecified atom stereocenters. The van der Waals surface area contributed by atoms with E-state index in [-0.39, 0.29) is 23.9 Å². The predicted octanol–water partition coefficient (Wildman–Crippen LogP) is 4.85. The van der Waals surface area contributed by atoms with Gasteiger partial charge in [0.1, 0.15) is 5.82 Å². The van der Waals surface area contributed by atoms with Gasteiger partial charge in [-0.25, -0.2) is 9.07 Å². The van der Waals surface area contributed by atoms with Gasteiger partial charge in [-0.2, -0.15) is 4.98 Å². The molecule has 0 aliphatic heterocycles. The maximum atomic E-state index is 14.4. The summed E-state index contributed by atoms with van der Waals surface area (Å²) >= 11 is 0. The van der Waals surface area contributed by atoms with Gasteiger partial charge in [-0.3, -0.25) is 4.79 Å². The van der Waals surface area contributed by atoms with Crippen LogP contribution in [0.5, 0.6) is 6.01 Å². The summed E-state index contributed by atoms with van der Waals surface area (Å²) in [6.07, 6.45) is 0.343. The Morgan fingerprint density at radius 1 is 1.10 bits per heavy atom. The van der Waals surface area contributed by atoms with Gasteiger partial charge in [-0.1, -0.05) is 26.0 Å². The summed E-state index contributed by atoms with van der Waals surface area (Å²) in [6, 6.07) is 13.7. The number of hydrogen-bond acceptors (Lipinski definition) is 4. The van der Waals surface area contributed by atoms with Crippen LogP contribution in [0.4, 0.5) is 10.1 Å². The molecule has 0 saturated heterocycles. The van der Waals surface area contributed by atoms with Crippen LogP contribution in [-0.2, 0) is 4.79 Å². The number of carbonyl (C=O) groups excluding carboxylic acids is 1. The molecular weight excluding hydrogens is 371 g/mol. The Balaban J connectivity index is 1.94. The number of nitrogens with one attached hydrogen (secondary N) is 1. The van der Waals surface area contributed by atoms with Crippen LogP contribution in [0.3, 0.4) is 0 Å². The highest BCUT2D eigenvalue weighted by Crippen LogP contribution is 2.26. The Labute approximate surface area is 169 Å². The first-order chi connectivity index (χ1) is 13.8. The van der Waals surface area contributed by atoms with Gasteiger partial charge in [0.2, 0.25) is 5.91 Å². The highest BCUT2D eigenvalue weighted by molar-refractivity contribution is 5.90. The van der Waals surface area contributed by atoms with Gasteiger partial charge in [0.15, 0.2) is 5.82 Å². The molecule has 0 radical (unpaired) electrons. The van der Waals surface area contributed by atoms with Crippen molar-refractivity contribution >= 4 is 11.6 Å². The second-order valence-corrected chi connectivity index (χ2v) is 7.47. The highest BCUT2D eigenvalue weighted by atomic mass is 19.1. The molecule has 1 amide bonds. The van der Waals surface area contributed by atoms with E-state index in [4.69, 9.17) is 4.74 Å². The Kier molecular flexibility index (Phi) is 6.26. The molecule has 0 saturated carbocycles. The first kappa shape index (κ1) is 20.5. The third kappa shape index (κ3) is 5.19. The minimum atomic E-state index is -0.394. The topological polar surface area (TPSA) is 69.0 Å². The van der Waals surface area contributed by atoms with Gasteiger partial charge in [0.25, 0.3) is 0 Å². The second kappa shape index (κ2) is 8.86. The van der Waals surface area contributed by atoms with Crippen LogP contribution < -0.4 is 10.1 Å². The summed E-state index contributed by atoms with van der Waals surface area (Å²) < 4.78 is 21.5. The molecule has 1 N–H and O–H groups in total. The summed E-state index contributed by atoms with van der Waals surface area (Å²) in [5.74, 6) is 0.199. The van der Waals surface area contributed by atoms with Crippen LogP contribution in [0.15, 0.2) is 48.5 Å². The molecule has 0 aliphatic carbocycles. The number of anilines is 1. The highest BCUT2D eigenvalue weighted by Gasteiger charge is 2.18. The van der Waals surface area contributed by atoms with Crippen LogP contribution in [-0.4, -0.2) is 26.8 Å². The molecule has 1 aromatic heterocycles. The third-order valence-electron chi connectivity index (χ3n) is 4.03. The molecule has 0 fully saturated rings. The van der Waals surface area contributed by atoms with Gasteiger partial charge >= 0.3 is 6.01 Å². The van der Waals surface area contributed by atoms with Gasteiger partial charge in [0, 0.05) is 12.1 Å². The lowest BCUT2D eigenvalue weighted by molar-refractivity contribution is -0.116. The smallest absolute Gasteiger partial charge is 0.336 e. The van der Waals surface area contributed by atoms with E-state index in [0.717, 1.165) is 0 Å². The van der Waals surface area contributed by atoms with E-state index in [1.165, 1.54) is 10.7 Å². The average molecular weight is 396 g/mol. The second-order valence-electron chi connectivity index (χ2n) is 7.47. The van der Waals surface area contributed by atoms with E-state index in [0.29, 0.717) is 29.2 Å². The van der Waals surface area contributed by atoms with Crippen molar-refractivity contribution in [2.75, 3.05) is 5.32 Å². The standard InChI is InChI=1S/C22H25FN4O2/c1-14(2)13-20(28)24-16-9-11-17(12-10-16)27-21(18-7-5-6-8-19(18)23)25-22(26-27)29-15(3)4/h5-12,14-15H,13H2,1-4H3,(H,24,28). The quantitative estimate of drug-likeness (QED) is 0.620. The molecule has 152 valence electrons. The van der Waals surface area contributed by atoms with Crippen LogP contribution in [0, 0.1) is 11.7 Å². The monoisotopic (exact) mass is 396 g/mol. The first-order valence-electron chi connectivity index (χ1n) is 9.62. The molecule has 6 nitrogen and oxygen atoms in total. The number of nitrogens with zero attached hydrogens (tertiary/aromatic N) is 3. The Morgan fingerprint density at radius 2 is 1.79 bits per heavy atom. The SMILES string of the molecule is CC(C)CC(=O)Nc1ccc(-n2nc(OC(C)C)nc2-c2ccccc2F)cc1. The van der Waals surface area contributed by atoms with Gasteiger partial charge < -0.3 is 10.1 Å². The molecule has 0 atom stereocenters. The predicted molar refractivity (Wildman–Crippen MR) is 111 cm³/mol. The fourth-order valence-corrected chi connectivity index (χ4v) is 2.82. The van der Waals surface area contributed by atoms with E-state index in [1.807, 2.05) is 27.7 Å². The van der Waals surface area contributed by atoms with Crippen LogP contribution in [0.1, 0.15) is 34.1 Å². The molecule has 2 aromatic carbocycles. The van der Waals surface area contributed by atoms with Crippen molar-refractivity contribution in [2.24, 2.45) is 5.92 Å². The van der Waals surface area contributed by atoms with Gasteiger partial charge in [-0.05, 0) is 56.2 Å². The number of rotatable bonds is 7. The zero-order valence-electron chi connectivity index (χ0n) is 17.0. The minimum absolute atomic E-state index is 0.0341. The average Bonchev–Trinajstić information content (AvgIpc) is 3.04. The van der Waals surface area contributed by atoms with Crippen molar-refractivity contribution in [1.82, 2.24) is 14.8 Å². The fourth-order valence-electron chi connectivity index (χ4n) is 2.82. The summed E-state index contributed by atoms with van der Waals surface area (Å²) in [4.78, 5) is 16.3. The summed E-state index contributed by atoms with van der Waals surface area (Å²) in [6.45, 7) is 7.74. The largest absolute Gasteiger partial charge is 0.460 e. The Morgan fingerprint density at radius 3 is 2.41 bits per heavy atom. The van der Waals surface area contributed by atoms with E-state index in [2.05, 4.69) is 15.4 Å². The van der Waals surface area contributed by atoms with Crippen molar-refractivity contribution < 1.29 is 13.9 Å². The molecule has 3 rings (SSSR count). The van der Waals surface area contributed by atoms with Crippen molar-refractivity contribution in [3.63, 3.8) is 0 Å². The number of benzene rings is 2. The fraction of sp³-hybridized carbons (Fsp3) is 0.318. The zero-order valence-corrected chi connectivity index (χ0v) is 17.0. The van der Waals surface area contributed by atoms with Crippen molar-refractivity contribution in [3.8, 4) is 23.1 Å². The minimum Gasteiger partial charge on any atom is -0.460 e.